The third kappa shape index (κ3) is 6.38. The predicted octanol–water partition coefficient (Wildman–Crippen LogP) is 5.40. The first-order valence-electron chi connectivity index (χ1n) is 11.9. The number of nitrogens with one attached hydrogen (secondary N) is 2. The van der Waals surface area contributed by atoms with Crippen molar-refractivity contribution < 1.29 is 4.42 Å². The van der Waals surface area contributed by atoms with Crippen LogP contribution in [0.5, 0.6) is 0 Å². The zero-order chi connectivity index (χ0) is 24.7. The molecule has 1 atom stereocenters. The molecule has 0 saturated carbocycles. The van der Waals surface area contributed by atoms with Crippen LogP contribution in [0, 0.1) is 5.92 Å². The highest BCUT2D eigenvalue weighted by molar-refractivity contribution is 7.99. The van der Waals surface area contributed by atoms with E-state index in [4.69, 9.17) is 21.6 Å². The van der Waals surface area contributed by atoms with Crippen LogP contribution in [0.2, 0.25) is 0 Å². The van der Waals surface area contributed by atoms with E-state index in [0.29, 0.717) is 28.7 Å². The summed E-state index contributed by atoms with van der Waals surface area (Å²) in [6.07, 6.45) is 5.82. The van der Waals surface area contributed by atoms with Crippen LogP contribution < -0.4 is 15.5 Å². The maximum Gasteiger partial charge on any atom is 0.232 e. The van der Waals surface area contributed by atoms with E-state index in [0.717, 1.165) is 47.4 Å². The molecule has 0 radical (unpaired) electrons. The van der Waals surface area contributed by atoms with Crippen LogP contribution in [0.4, 0.5) is 11.8 Å². The third-order valence-corrected chi connectivity index (χ3v) is 6.83. The van der Waals surface area contributed by atoms with Crippen molar-refractivity contribution in [3.63, 3.8) is 0 Å². The maximum absolute atomic E-state index is 5.96. The van der Waals surface area contributed by atoms with E-state index in [1.54, 1.807) is 18.5 Å². The number of anilines is 2. The minimum Gasteiger partial charge on any atom is -0.459 e. The molecule has 184 valence electrons. The highest BCUT2D eigenvalue weighted by Gasteiger charge is 2.20. The molecule has 1 unspecified atom stereocenters. The summed E-state index contributed by atoms with van der Waals surface area (Å²) >= 11 is 6.94. The number of benzene rings is 1. The van der Waals surface area contributed by atoms with Crippen molar-refractivity contribution in [3.8, 4) is 11.3 Å². The van der Waals surface area contributed by atoms with Crippen LogP contribution in [-0.2, 0) is 6.54 Å². The third-order valence-electron chi connectivity index (χ3n) is 5.78. The second-order valence-electron chi connectivity index (χ2n) is 8.65. The topological polar surface area (TPSA) is 92.0 Å². The van der Waals surface area contributed by atoms with E-state index < -0.39 is 0 Å². The molecule has 36 heavy (non-hydrogen) atoms. The van der Waals surface area contributed by atoms with Gasteiger partial charge in [-0.25, -0.2) is 15.0 Å². The molecule has 0 amide bonds. The summed E-state index contributed by atoms with van der Waals surface area (Å²) in [5, 5.41) is 8.14. The second-order valence-corrected chi connectivity index (χ2v) is 10.1. The van der Waals surface area contributed by atoms with Gasteiger partial charge in [-0.2, -0.15) is 4.98 Å². The molecule has 1 saturated heterocycles. The van der Waals surface area contributed by atoms with Gasteiger partial charge in [0, 0.05) is 37.1 Å². The van der Waals surface area contributed by atoms with Crippen LogP contribution in [0.15, 0.2) is 81.6 Å². The second kappa shape index (κ2) is 11.5. The van der Waals surface area contributed by atoms with E-state index in [1.807, 2.05) is 48.5 Å². The summed E-state index contributed by atoms with van der Waals surface area (Å²) in [7, 11) is 0. The Hall–Kier alpha value is -3.50. The van der Waals surface area contributed by atoms with Gasteiger partial charge in [-0.05, 0) is 60.9 Å². The quantitative estimate of drug-likeness (QED) is 0.189. The normalized spacial score (nSPS) is 15.5. The summed E-state index contributed by atoms with van der Waals surface area (Å²) in [6.45, 7) is 4.66. The monoisotopic (exact) mass is 517 g/mol. The minimum atomic E-state index is 0.420. The standard InChI is InChI=1S/C26H27N7OS2/c1-18-7-5-14-33(17-18)22-15-23(36-26-27-12-6-13-28-26)31-24(30-22)32-25(35)29-16-20-10-11-21(34-20)19-8-3-2-4-9-19/h2-4,6,8-13,15,18H,5,7,14,16-17H2,1H3,(H2,29,30,31,32,35). The van der Waals surface area contributed by atoms with Gasteiger partial charge in [0.2, 0.25) is 5.95 Å². The number of rotatable bonds is 7. The van der Waals surface area contributed by atoms with Gasteiger partial charge in [0.25, 0.3) is 0 Å². The van der Waals surface area contributed by atoms with Crippen molar-refractivity contribution >= 4 is 40.9 Å². The van der Waals surface area contributed by atoms with E-state index in [9.17, 15) is 0 Å². The number of hydrogen-bond donors (Lipinski definition) is 2. The van der Waals surface area contributed by atoms with Gasteiger partial charge in [-0.3, -0.25) is 0 Å². The molecule has 10 heteroatoms. The SMILES string of the molecule is CC1CCCN(c2cc(Sc3ncccn3)nc(NC(=S)NCc3ccc(-c4ccccc4)o3)n2)C1. The van der Waals surface area contributed by atoms with E-state index in [2.05, 4.69) is 37.4 Å². The molecule has 1 aliphatic heterocycles. The van der Waals surface area contributed by atoms with Gasteiger partial charge < -0.3 is 20.0 Å². The molecule has 0 spiro atoms. The van der Waals surface area contributed by atoms with Gasteiger partial charge in [0.1, 0.15) is 22.4 Å². The van der Waals surface area contributed by atoms with Gasteiger partial charge in [0.05, 0.1) is 6.54 Å². The molecule has 5 rings (SSSR count). The first-order valence-corrected chi connectivity index (χ1v) is 13.1. The number of thiocarbonyl (C=S) groups is 1. The molecular weight excluding hydrogens is 490 g/mol. The molecule has 0 bridgehead atoms. The lowest BCUT2D eigenvalue weighted by atomic mass is 10.0. The Balaban J connectivity index is 1.28. The highest BCUT2D eigenvalue weighted by atomic mass is 32.2. The van der Waals surface area contributed by atoms with Crippen molar-refractivity contribution in [2.45, 2.75) is 36.5 Å². The summed E-state index contributed by atoms with van der Waals surface area (Å²) in [4.78, 5) is 20.4. The zero-order valence-corrected chi connectivity index (χ0v) is 21.6. The van der Waals surface area contributed by atoms with Crippen molar-refractivity contribution in [3.05, 3.63) is 72.8 Å². The Bertz CT molecular complexity index is 1300. The predicted molar refractivity (Wildman–Crippen MR) is 146 cm³/mol. The van der Waals surface area contributed by atoms with Crippen molar-refractivity contribution in [2.75, 3.05) is 23.3 Å². The number of hydrogen-bond acceptors (Lipinski definition) is 8. The molecule has 1 fully saturated rings. The Morgan fingerprint density at radius 2 is 1.94 bits per heavy atom. The molecule has 4 heterocycles. The largest absolute Gasteiger partial charge is 0.459 e. The Morgan fingerprint density at radius 1 is 1.11 bits per heavy atom. The van der Waals surface area contributed by atoms with E-state index in [-0.39, 0.29) is 0 Å². The average Bonchev–Trinajstić information content (AvgIpc) is 3.38. The Morgan fingerprint density at radius 3 is 2.75 bits per heavy atom. The first-order chi connectivity index (χ1) is 17.6. The van der Waals surface area contributed by atoms with Gasteiger partial charge in [0.15, 0.2) is 10.3 Å². The fraction of sp³-hybridized carbons (Fsp3) is 0.269. The zero-order valence-electron chi connectivity index (χ0n) is 19.9. The number of furan rings is 1. The van der Waals surface area contributed by atoms with Gasteiger partial charge in [-0.15, -0.1) is 0 Å². The average molecular weight is 518 g/mol. The Labute approximate surface area is 220 Å². The van der Waals surface area contributed by atoms with Crippen molar-refractivity contribution in [2.24, 2.45) is 5.92 Å². The summed E-state index contributed by atoms with van der Waals surface area (Å²) < 4.78 is 5.96. The lowest BCUT2D eigenvalue weighted by Crippen LogP contribution is -2.35. The first kappa shape index (κ1) is 24.2. The van der Waals surface area contributed by atoms with Crippen LogP contribution in [0.3, 0.4) is 0 Å². The fourth-order valence-corrected chi connectivity index (χ4v) is 4.93. The van der Waals surface area contributed by atoms with Crippen molar-refractivity contribution in [1.29, 1.82) is 0 Å². The smallest absolute Gasteiger partial charge is 0.232 e. The van der Waals surface area contributed by atoms with E-state index >= 15 is 0 Å². The number of nitrogens with zero attached hydrogens (tertiary/aromatic N) is 5. The fourth-order valence-electron chi connectivity index (χ4n) is 4.06. The molecule has 0 aliphatic carbocycles. The number of aromatic nitrogens is 4. The van der Waals surface area contributed by atoms with Crippen LogP contribution in [0.25, 0.3) is 11.3 Å². The Kier molecular flexibility index (Phi) is 7.73. The summed E-state index contributed by atoms with van der Waals surface area (Å²) in [5.74, 6) is 3.54. The van der Waals surface area contributed by atoms with Crippen LogP contribution in [-0.4, -0.2) is 38.1 Å². The van der Waals surface area contributed by atoms with Gasteiger partial charge >= 0.3 is 0 Å². The lowest BCUT2D eigenvalue weighted by Gasteiger charge is -2.32. The highest BCUT2D eigenvalue weighted by Crippen LogP contribution is 2.29. The number of piperidine rings is 1. The minimum absolute atomic E-state index is 0.420. The summed E-state index contributed by atoms with van der Waals surface area (Å²) in [6, 6.07) is 17.7. The summed E-state index contributed by atoms with van der Waals surface area (Å²) in [5.41, 5.74) is 1.04. The molecular formula is C26H27N7OS2. The van der Waals surface area contributed by atoms with Crippen molar-refractivity contribution in [1.82, 2.24) is 25.3 Å². The molecule has 4 aromatic rings. The molecule has 1 aliphatic rings. The molecule has 1 aromatic carbocycles. The molecule has 3 aromatic heterocycles. The van der Waals surface area contributed by atoms with Gasteiger partial charge in [-0.1, -0.05) is 37.3 Å². The molecule has 8 nitrogen and oxygen atoms in total. The van der Waals surface area contributed by atoms with Crippen LogP contribution in [0.1, 0.15) is 25.5 Å². The maximum atomic E-state index is 5.96. The molecule has 2 N–H and O–H groups in total. The lowest BCUT2D eigenvalue weighted by molar-refractivity contribution is 0.444. The van der Waals surface area contributed by atoms with Crippen LogP contribution >= 0.6 is 24.0 Å². The van der Waals surface area contributed by atoms with E-state index in [1.165, 1.54) is 18.2 Å².